The number of halogens is 1. The molecule has 2 atom stereocenters. The number of nitrogens with one attached hydrogen (secondary N) is 2. The number of amides is 2. The summed E-state index contributed by atoms with van der Waals surface area (Å²) in [4.78, 5) is 26.2. The SMILES string of the molecule is CC(NC(=O)C(=Cc1ccccc1Cl)C(=O)NC(C)c1ccccc1)c1ccccc1. The Hall–Kier alpha value is -3.37. The highest BCUT2D eigenvalue weighted by molar-refractivity contribution is 6.32. The lowest BCUT2D eigenvalue weighted by Gasteiger charge is -2.18. The van der Waals surface area contributed by atoms with Crippen LogP contribution in [0, 0.1) is 0 Å². The molecule has 4 nitrogen and oxygen atoms in total. The van der Waals surface area contributed by atoms with Gasteiger partial charge in [-0.3, -0.25) is 9.59 Å². The zero-order chi connectivity index (χ0) is 22.2. The van der Waals surface area contributed by atoms with E-state index in [9.17, 15) is 9.59 Å². The minimum atomic E-state index is -0.464. The molecule has 0 aliphatic carbocycles. The second-order valence-electron chi connectivity index (χ2n) is 7.29. The Balaban J connectivity index is 1.86. The highest BCUT2D eigenvalue weighted by atomic mass is 35.5. The van der Waals surface area contributed by atoms with E-state index in [1.807, 2.05) is 80.6 Å². The van der Waals surface area contributed by atoms with Crippen molar-refractivity contribution in [2.24, 2.45) is 0 Å². The first-order valence-corrected chi connectivity index (χ1v) is 10.5. The van der Waals surface area contributed by atoms with Crippen LogP contribution in [-0.4, -0.2) is 11.8 Å². The van der Waals surface area contributed by atoms with Crippen molar-refractivity contribution in [2.75, 3.05) is 0 Å². The molecule has 0 saturated carbocycles. The van der Waals surface area contributed by atoms with Crippen LogP contribution in [0.25, 0.3) is 6.08 Å². The quantitative estimate of drug-likeness (QED) is 0.295. The summed E-state index contributed by atoms with van der Waals surface area (Å²) in [5, 5.41) is 6.30. The van der Waals surface area contributed by atoms with Gasteiger partial charge in [0, 0.05) is 5.02 Å². The summed E-state index contributed by atoms with van der Waals surface area (Å²) < 4.78 is 0. The molecule has 5 heteroatoms. The topological polar surface area (TPSA) is 58.2 Å². The monoisotopic (exact) mass is 432 g/mol. The fraction of sp³-hybridized carbons (Fsp3) is 0.154. The molecule has 2 N–H and O–H groups in total. The summed E-state index contributed by atoms with van der Waals surface area (Å²) in [7, 11) is 0. The van der Waals surface area contributed by atoms with Crippen LogP contribution in [0.15, 0.2) is 90.5 Å². The zero-order valence-corrected chi connectivity index (χ0v) is 18.3. The maximum atomic E-state index is 13.1. The summed E-state index contributed by atoms with van der Waals surface area (Å²) in [6.07, 6.45) is 1.53. The highest BCUT2D eigenvalue weighted by Gasteiger charge is 2.22. The van der Waals surface area contributed by atoms with Crippen molar-refractivity contribution >= 4 is 29.5 Å². The van der Waals surface area contributed by atoms with Gasteiger partial charge >= 0.3 is 0 Å². The Morgan fingerprint density at radius 2 is 1.13 bits per heavy atom. The van der Waals surface area contributed by atoms with Gasteiger partial charge in [-0.15, -0.1) is 0 Å². The lowest BCUT2D eigenvalue weighted by atomic mass is 10.0. The van der Waals surface area contributed by atoms with Crippen molar-refractivity contribution in [1.29, 1.82) is 0 Å². The van der Waals surface area contributed by atoms with E-state index in [0.29, 0.717) is 10.6 Å². The van der Waals surface area contributed by atoms with Gasteiger partial charge in [0.2, 0.25) is 0 Å². The second kappa shape index (κ2) is 10.6. The number of hydrogen-bond donors (Lipinski definition) is 2. The number of carbonyl (C=O) groups excluding carboxylic acids is 2. The molecule has 0 saturated heterocycles. The van der Waals surface area contributed by atoms with Crippen molar-refractivity contribution in [3.05, 3.63) is 112 Å². The van der Waals surface area contributed by atoms with E-state index in [-0.39, 0.29) is 17.7 Å². The summed E-state index contributed by atoms with van der Waals surface area (Å²) in [5.74, 6) is -0.928. The minimum Gasteiger partial charge on any atom is -0.345 e. The van der Waals surface area contributed by atoms with Gasteiger partial charge in [-0.2, -0.15) is 0 Å². The van der Waals surface area contributed by atoms with Gasteiger partial charge < -0.3 is 10.6 Å². The molecule has 0 spiro atoms. The Kier molecular flexibility index (Phi) is 7.63. The van der Waals surface area contributed by atoms with Crippen LogP contribution in [0.2, 0.25) is 5.02 Å². The third-order valence-corrected chi connectivity index (χ3v) is 5.33. The van der Waals surface area contributed by atoms with Crippen LogP contribution >= 0.6 is 11.6 Å². The Morgan fingerprint density at radius 3 is 1.58 bits per heavy atom. The van der Waals surface area contributed by atoms with Crippen LogP contribution < -0.4 is 10.6 Å². The van der Waals surface area contributed by atoms with Gasteiger partial charge in [0.05, 0.1) is 12.1 Å². The second-order valence-corrected chi connectivity index (χ2v) is 7.70. The summed E-state index contributed by atoms with van der Waals surface area (Å²) in [6, 6.07) is 25.8. The largest absolute Gasteiger partial charge is 0.345 e. The summed E-state index contributed by atoms with van der Waals surface area (Å²) >= 11 is 6.27. The molecule has 0 aliphatic heterocycles. The zero-order valence-electron chi connectivity index (χ0n) is 17.5. The van der Waals surface area contributed by atoms with Gasteiger partial charge in [0.1, 0.15) is 5.57 Å². The van der Waals surface area contributed by atoms with Crippen LogP contribution in [0.5, 0.6) is 0 Å². The highest BCUT2D eigenvalue weighted by Crippen LogP contribution is 2.20. The molecule has 2 amide bonds. The summed E-state index contributed by atoms with van der Waals surface area (Å²) in [6.45, 7) is 3.76. The van der Waals surface area contributed by atoms with Crippen LogP contribution in [0.3, 0.4) is 0 Å². The first kappa shape index (κ1) is 22.3. The molecule has 31 heavy (non-hydrogen) atoms. The van der Waals surface area contributed by atoms with Gasteiger partial charge in [0.15, 0.2) is 0 Å². The maximum absolute atomic E-state index is 13.1. The van der Waals surface area contributed by atoms with Crippen molar-refractivity contribution in [3.8, 4) is 0 Å². The third-order valence-electron chi connectivity index (χ3n) is 4.99. The van der Waals surface area contributed by atoms with Crippen molar-refractivity contribution in [3.63, 3.8) is 0 Å². The van der Waals surface area contributed by atoms with E-state index in [0.717, 1.165) is 11.1 Å². The third kappa shape index (κ3) is 6.06. The van der Waals surface area contributed by atoms with E-state index in [1.54, 1.807) is 18.2 Å². The lowest BCUT2D eigenvalue weighted by molar-refractivity contribution is -0.124. The molecule has 3 aromatic carbocycles. The number of carbonyl (C=O) groups is 2. The van der Waals surface area contributed by atoms with E-state index >= 15 is 0 Å². The predicted octanol–water partition coefficient (Wildman–Crippen LogP) is 5.48. The van der Waals surface area contributed by atoms with Crippen LogP contribution in [0.4, 0.5) is 0 Å². The van der Waals surface area contributed by atoms with E-state index in [4.69, 9.17) is 11.6 Å². The maximum Gasteiger partial charge on any atom is 0.257 e. The standard InChI is InChI=1S/C26H25ClN2O2/c1-18(20-11-5-3-6-12-20)28-25(30)23(17-22-15-9-10-16-24(22)27)26(31)29-19(2)21-13-7-4-8-14-21/h3-19H,1-2H3,(H,28,30)(H,29,31). The fourth-order valence-electron chi connectivity index (χ4n) is 3.18. The minimum absolute atomic E-state index is 0.00124. The summed E-state index contributed by atoms with van der Waals surface area (Å²) in [5.41, 5.74) is 2.50. The van der Waals surface area contributed by atoms with Crippen molar-refractivity contribution in [1.82, 2.24) is 10.6 Å². The van der Waals surface area contributed by atoms with Gasteiger partial charge in [-0.1, -0.05) is 90.5 Å². The number of benzene rings is 3. The molecule has 3 rings (SSSR count). The first-order chi connectivity index (χ1) is 15.0. The predicted molar refractivity (Wildman–Crippen MR) is 125 cm³/mol. The average molecular weight is 433 g/mol. The molecule has 0 radical (unpaired) electrons. The van der Waals surface area contributed by atoms with E-state index < -0.39 is 11.8 Å². The van der Waals surface area contributed by atoms with Crippen LogP contribution in [-0.2, 0) is 9.59 Å². The van der Waals surface area contributed by atoms with Crippen molar-refractivity contribution in [2.45, 2.75) is 25.9 Å². The van der Waals surface area contributed by atoms with E-state index in [2.05, 4.69) is 10.6 Å². The normalized spacial score (nSPS) is 12.4. The fourth-order valence-corrected chi connectivity index (χ4v) is 3.37. The molecule has 3 aromatic rings. The Bertz CT molecular complexity index is 1000. The lowest BCUT2D eigenvalue weighted by Crippen LogP contribution is -2.36. The molecule has 0 bridgehead atoms. The Labute approximate surface area is 188 Å². The molecule has 0 aliphatic rings. The van der Waals surface area contributed by atoms with Gasteiger partial charge in [-0.25, -0.2) is 0 Å². The number of hydrogen-bond acceptors (Lipinski definition) is 2. The first-order valence-electron chi connectivity index (χ1n) is 10.1. The smallest absolute Gasteiger partial charge is 0.257 e. The molecule has 0 aromatic heterocycles. The van der Waals surface area contributed by atoms with Gasteiger partial charge in [0.25, 0.3) is 11.8 Å². The van der Waals surface area contributed by atoms with Crippen LogP contribution in [0.1, 0.15) is 42.6 Å². The van der Waals surface area contributed by atoms with E-state index in [1.165, 1.54) is 6.08 Å². The van der Waals surface area contributed by atoms with Crippen molar-refractivity contribution < 1.29 is 9.59 Å². The molecule has 0 fully saturated rings. The molecular formula is C26H25ClN2O2. The molecule has 158 valence electrons. The molecule has 2 unspecified atom stereocenters. The molecule has 0 heterocycles. The molecular weight excluding hydrogens is 408 g/mol. The number of rotatable bonds is 7. The Morgan fingerprint density at radius 1 is 0.710 bits per heavy atom. The van der Waals surface area contributed by atoms with Gasteiger partial charge in [-0.05, 0) is 42.7 Å². The average Bonchev–Trinajstić information content (AvgIpc) is 2.79.